The molecule has 0 aliphatic heterocycles. The second-order valence-corrected chi connectivity index (χ2v) is 3.60. The van der Waals surface area contributed by atoms with Crippen LogP contribution in [0.15, 0.2) is 18.2 Å². The summed E-state index contributed by atoms with van der Waals surface area (Å²) in [4.78, 5) is 22.9. The van der Waals surface area contributed by atoms with E-state index in [-0.39, 0.29) is 12.5 Å². The van der Waals surface area contributed by atoms with Gasteiger partial charge in [0.25, 0.3) is 5.91 Å². The Balaban J connectivity index is 2.69. The Morgan fingerprint density at radius 1 is 1.16 bits per heavy atom. The summed E-state index contributed by atoms with van der Waals surface area (Å²) < 4.78 is 15.0. The molecule has 0 aliphatic rings. The zero-order chi connectivity index (χ0) is 14.3. The van der Waals surface area contributed by atoms with Gasteiger partial charge < -0.3 is 19.5 Å². The first-order valence-electron chi connectivity index (χ1n) is 5.78. The van der Waals surface area contributed by atoms with Gasteiger partial charge in [-0.05, 0) is 25.1 Å². The van der Waals surface area contributed by atoms with Crippen molar-refractivity contribution in [3.63, 3.8) is 0 Å². The predicted octanol–water partition coefficient (Wildman–Crippen LogP) is 0.997. The fourth-order valence-corrected chi connectivity index (χ4v) is 1.43. The molecule has 0 heterocycles. The van der Waals surface area contributed by atoms with Gasteiger partial charge in [-0.25, -0.2) is 4.79 Å². The summed E-state index contributed by atoms with van der Waals surface area (Å²) >= 11 is 0. The summed E-state index contributed by atoms with van der Waals surface area (Å²) in [6.07, 6.45) is 0. The van der Waals surface area contributed by atoms with Crippen LogP contribution in [0.4, 0.5) is 0 Å². The van der Waals surface area contributed by atoms with Crippen molar-refractivity contribution in [1.82, 2.24) is 5.32 Å². The van der Waals surface area contributed by atoms with Crippen LogP contribution in [0.1, 0.15) is 17.3 Å². The Hall–Kier alpha value is -2.24. The molecular formula is C13H17NO5. The van der Waals surface area contributed by atoms with Gasteiger partial charge in [0.15, 0.2) is 18.1 Å². The number of methoxy groups -OCH3 is 2. The molecule has 0 aliphatic carbocycles. The lowest BCUT2D eigenvalue weighted by Gasteiger charge is -2.09. The third-order valence-corrected chi connectivity index (χ3v) is 2.33. The Labute approximate surface area is 111 Å². The van der Waals surface area contributed by atoms with Crippen molar-refractivity contribution in [1.29, 1.82) is 0 Å². The average Bonchev–Trinajstić information content (AvgIpc) is 2.44. The highest BCUT2D eigenvalue weighted by Crippen LogP contribution is 2.27. The quantitative estimate of drug-likeness (QED) is 0.778. The van der Waals surface area contributed by atoms with Gasteiger partial charge in [0.1, 0.15) is 0 Å². The normalized spacial score (nSPS) is 9.63. The third-order valence-electron chi connectivity index (χ3n) is 2.33. The molecule has 0 unspecified atom stereocenters. The maximum atomic E-state index is 11.7. The highest BCUT2D eigenvalue weighted by molar-refractivity contribution is 5.92. The van der Waals surface area contributed by atoms with Crippen LogP contribution in [0.5, 0.6) is 11.5 Å². The lowest BCUT2D eigenvalue weighted by molar-refractivity contribution is -0.124. The molecule has 19 heavy (non-hydrogen) atoms. The number of carbonyl (C=O) groups is 2. The van der Waals surface area contributed by atoms with E-state index in [0.29, 0.717) is 23.6 Å². The van der Waals surface area contributed by atoms with Crippen LogP contribution in [0.3, 0.4) is 0 Å². The van der Waals surface area contributed by atoms with E-state index in [9.17, 15) is 9.59 Å². The molecule has 6 nitrogen and oxygen atoms in total. The molecule has 1 N–H and O–H groups in total. The summed E-state index contributed by atoms with van der Waals surface area (Å²) in [6.45, 7) is 1.97. The number of hydrogen-bond acceptors (Lipinski definition) is 5. The van der Waals surface area contributed by atoms with E-state index in [0.717, 1.165) is 0 Å². The van der Waals surface area contributed by atoms with Gasteiger partial charge in [-0.2, -0.15) is 0 Å². The van der Waals surface area contributed by atoms with Crippen molar-refractivity contribution in [3.05, 3.63) is 23.8 Å². The first-order chi connectivity index (χ1) is 9.12. The van der Waals surface area contributed by atoms with Crippen LogP contribution >= 0.6 is 0 Å². The second-order valence-electron chi connectivity index (χ2n) is 3.60. The molecule has 0 bridgehead atoms. The largest absolute Gasteiger partial charge is 0.493 e. The molecular weight excluding hydrogens is 250 g/mol. The molecule has 1 amide bonds. The number of amides is 1. The monoisotopic (exact) mass is 267 g/mol. The SMILES string of the molecule is CCNC(=O)COC(=O)c1ccc(OC)c(OC)c1. The first kappa shape index (κ1) is 14.8. The molecule has 1 aromatic carbocycles. The molecule has 0 aromatic heterocycles. The topological polar surface area (TPSA) is 73.9 Å². The van der Waals surface area contributed by atoms with E-state index >= 15 is 0 Å². The number of carbonyl (C=O) groups excluding carboxylic acids is 2. The zero-order valence-corrected chi connectivity index (χ0v) is 11.2. The van der Waals surface area contributed by atoms with Gasteiger partial charge in [-0.15, -0.1) is 0 Å². The maximum absolute atomic E-state index is 11.7. The number of ether oxygens (including phenoxy) is 3. The van der Waals surface area contributed by atoms with Crippen LogP contribution in [0.25, 0.3) is 0 Å². The highest BCUT2D eigenvalue weighted by Gasteiger charge is 2.13. The third kappa shape index (κ3) is 4.17. The van der Waals surface area contributed by atoms with Gasteiger partial charge >= 0.3 is 5.97 Å². The van der Waals surface area contributed by atoms with E-state index in [2.05, 4.69) is 5.32 Å². The molecule has 0 spiro atoms. The standard InChI is InChI=1S/C13H17NO5/c1-4-14-12(15)8-19-13(16)9-5-6-10(17-2)11(7-9)18-3/h5-7H,4,8H2,1-3H3,(H,14,15). The maximum Gasteiger partial charge on any atom is 0.338 e. The minimum atomic E-state index is -0.591. The zero-order valence-electron chi connectivity index (χ0n) is 11.2. The van der Waals surface area contributed by atoms with Gasteiger partial charge in [0, 0.05) is 6.54 Å². The smallest absolute Gasteiger partial charge is 0.338 e. The lowest BCUT2D eigenvalue weighted by atomic mass is 10.2. The molecule has 1 rings (SSSR count). The summed E-state index contributed by atoms with van der Waals surface area (Å²) in [5.41, 5.74) is 0.293. The Kier molecular flexibility index (Phi) is 5.66. The van der Waals surface area contributed by atoms with Crippen molar-refractivity contribution < 1.29 is 23.8 Å². The second kappa shape index (κ2) is 7.25. The van der Waals surface area contributed by atoms with Crippen molar-refractivity contribution in [2.75, 3.05) is 27.4 Å². The minimum absolute atomic E-state index is 0.293. The van der Waals surface area contributed by atoms with Crippen LogP contribution < -0.4 is 14.8 Å². The van der Waals surface area contributed by atoms with Gasteiger partial charge in [-0.3, -0.25) is 4.79 Å². The summed E-state index contributed by atoms with van der Waals surface area (Å²) in [5.74, 6) is 0.0151. The number of benzene rings is 1. The van der Waals surface area contributed by atoms with Gasteiger partial charge in [0.2, 0.25) is 0 Å². The van der Waals surface area contributed by atoms with Gasteiger partial charge in [0.05, 0.1) is 19.8 Å². The Morgan fingerprint density at radius 3 is 2.42 bits per heavy atom. The molecule has 6 heteroatoms. The molecule has 0 fully saturated rings. The van der Waals surface area contributed by atoms with Crippen LogP contribution in [0, 0.1) is 0 Å². The van der Waals surface area contributed by atoms with E-state index in [4.69, 9.17) is 14.2 Å². The van der Waals surface area contributed by atoms with Gasteiger partial charge in [-0.1, -0.05) is 0 Å². The fraction of sp³-hybridized carbons (Fsp3) is 0.385. The Morgan fingerprint density at radius 2 is 1.84 bits per heavy atom. The number of esters is 1. The molecule has 0 atom stereocenters. The minimum Gasteiger partial charge on any atom is -0.493 e. The van der Waals surface area contributed by atoms with Crippen LogP contribution in [-0.2, 0) is 9.53 Å². The van der Waals surface area contributed by atoms with Crippen molar-refractivity contribution >= 4 is 11.9 Å². The molecule has 104 valence electrons. The van der Waals surface area contributed by atoms with Crippen molar-refractivity contribution in [3.8, 4) is 11.5 Å². The summed E-state index contributed by atoms with van der Waals surface area (Å²) in [6, 6.07) is 4.64. The average molecular weight is 267 g/mol. The van der Waals surface area contributed by atoms with Crippen molar-refractivity contribution in [2.24, 2.45) is 0 Å². The number of rotatable bonds is 6. The van der Waals surface area contributed by atoms with Crippen LogP contribution in [-0.4, -0.2) is 39.2 Å². The first-order valence-corrected chi connectivity index (χ1v) is 5.78. The van der Waals surface area contributed by atoms with Crippen LogP contribution in [0.2, 0.25) is 0 Å². The van der Waals surface area contributed by atoms with Crippen molar-refractivity contribution in [2.45, 2.75) is 6.92 Å². The van der Waals surface area contributed by atoms with E-state index in [1.54, 1.807) is 19.1 Å². The predicted molar refractivity (Wildman–Crippen MR) is 68.5 cm³/mol. The number of hydrogen-bond donors (Lipinski definition) is 1. The molecule has 0 saturated heterocycles. The Bertz CT molecular complexity index is 458. The van der Waals surface area contributed by atoms with E-state index < -0.39 is 5.97 Å². The van der Waals surface area contributed by atoms with E-state index in [1.165, 1.54) is 20.3 Å². The molecule has 0 radical (unpaired) electrons. The lowest BCUT2D eigenvalue weighted by Crippen LogP contribution is -2.28. The molecule has 0 saturated carbocycles. The summed E-state index contributed by atoms with van der Waals surface area (Å²) in [7, 11) is 2.98. The fourth-order valence-electron chi connectivity index (χ4n) is 1.43. The highest BCUT2D eigenvalue weighted by atomic mass is 16.5. The molecule has 1 aromatic rings. The summed E-state index contributed by atoms with van der Waals surface area (Å²) in [5, 5.41) is 2.53. The number of likely N-dealkylation sites (N-methyl/N-ethyl adjacent to an activating group) is 1. The number of nitrogens with one attached hydrogen (secondary N) is 1. The van der Waals surface area contributed by atoms with E-state index in [1.807, 2.05) is 0 Å².